The number of sulfonamides is 1. The number of nitrogens with zero attached hydrogens (tertiary/aromatic N) is 3. The van der Waals surface area contributed by atoms with E-state index in [1.807, 2.05) is 4.90 Å². The van der Waals surface area contributed by atoms with Crippen molar-refractivity contribution in [3.8, 4) is 0 Å². The molecule has 0 atom stereocenters. The molecule has 0 radical (unpaired) electrons. The highest BCUT2D eigenvalue weighted by Gasteiger charge is 2.31. The van der Waals surface area contributed by atoms with Crippen LogP contribution in [0, 0.1) is 0 Å². The van der Waals surface area contributed by atoms with E-state index in [4.69, 9.17) is 0 Å². The Balaban J connectivity index is 2.04. The Morgan fingerprint density at radius 2 is 1.85 bits per heavy atom. The molecule has 0 saturated carbocycles. The highest BCUT2D eigenvalue weighted by atomic mass is 32.2. The van der Waals surface area contributed by atoms with Crippen molar-refractivity contribution in [3.63, 3.8) is 0 Å². The second-order valence-electron chi connectivity index (χ2n) is 6.77. The van der Waals surface area contributed by atoms with Crippen molar-refractivity contribution in [1.29, 1.82) is 0 Å². The minimum absolute atomic E-state index is 0.0599. The van der Waals surface area contributed by atoms with Gasteiger partial charge in [0.15, 0.2) is 0 Å². The van der Waals surface area contributed by atoms with Crippen LogP contribution in [-0.2, 0) is 26.7 Å². The smallest absolute Gasteiger partial charge is 0.348 e. The normalized spacial score (nSPS) is 17.5. The Bertz CT molecular complexity index is 766. The second kappa shape index (κ2) is 8.57. The quantitative estimate of drug-likeness (QED) is 0.745. The van der Waals surface area contributed by atoms with Crippen LogP contribution in [0.15, 0.2) is 24.3 Å². The van der Waals surface area contributed by atoms with E-state index in [-0.39, 0.29) is 31.1 Å². The molecule has 1 saturated heterocycles. The zero-order valence-electron chi connectivity index (χ0n) is 15.4. The summed E-state index contributed by atoms with van der Waals surface area (Å²) in [6, 6.07) is 4.39. The number of likely N-dealkylation sites (N-methyl/N-ethyl adjacent to an activating group) is 1. The Morgan fingerprint density at radius 3 is 2.48 bits per heavy atom. The molecular formula is C17H24F3N3O3S. The Morgan fingerprint density at radius 1 is 1.15 bits per heavy atom. The summed E-state index contributed by atoms with van der Waals surface area (Å²) in [6.07, 6.45) is -3.95. The average molecular weight is 407 g/mol. The first-order valence-electron chi connectivity index (χ1n) is 8.55. The van der Waals surface area contributed by atoms with Crippen LogP contribution in [-0.4, -0.2) is 75.2 Å². The number of halogens is 3. The van der Waals surface area contributed by atoms with E-state index >= 15 is 0 Å². The van der Waals surface area contributed by atoms with Gasteiger partial charge in [0.05, 0.1) is 17.9 Å². The van der Waals surface area contributed by atoms with E-state index in [2.05, 4.69) is 0 Å². The largest absolute Gasteiger partial charge is 0.416 e. The lowest BCUT2D eigenvalue weighted by atomic mass is 10.1. The van der Waals surface area contributed by atoms with Crippen LogP contribution >= 0.6 is 0 Å². The predicted molar refractivity (Wildman–Crippen MR) is 95.4 cm³/mol. The number of amides is 1. The van der Waals surface area contributed by atoms with Gasteiger partial charge in [0, 0.05) is 33.7 Å². The summed E-state index contributed by atoms with van der Waals surface area (Å²) in [5, 5.41) is 0. The van der Waals surface area contributed by atoms with Gasteiger partial charge in [0.25, 0.3) is 0 Å². The molecule has 0 spiro atoms. The maximum Gasteiger partial charge on any atom is 0.416 e. The summed E-state index contributed by atoms with van der Waals surface area (Å²) in [6.45, 7) is 1.71. The maximum absolute atomic E-state index is 12.8. The van der Waals surface area contributed by atoms with Crippen LogP contribution in [0.4, 0.5) is 13.2 Å². The van der Waals surface area contributed by atoms with E-state index in [9.17, 15) is 26.4 Å². The summed E-state index contributed by atoms with van der Waals surface area (Å²) >= 11 is 0. The maximum atomic E-state index is 12.8. The van der Waals surface area contributed by atoms with Crippen LogP contribution < -0.4 is 0 Å². The first kappa shape index (κ1) is 21.6. The Hall–Kier alpha value is -1.65. The molecule has 27 heavy (non-hydrogen) atoms. The average Bonchev–Trinajstić information content (AvgIpc) is 2.80. The van der Waals surface area contributed by atoms with Gasteiger partial charge in [-0.05, 0) is 24.6 Å². The first-order chi connectivity index (χ1) is 12.5. The molecule has 0 aliphatic carbocycles. The summed E-state index contributed by atoms with van der Waals surface area (Å²) < 4.78 is 65.1. The standard InChI is InChI=1S/C17H24F3N3O3S/c1-21(2)16(24)12-22-7-4-8-23(10-9-22)27(25,26)13-14-5-3-6-15(11-14)17(18,19)20/h3,5-6,11H,4,7-10,12-13H2,1-2H3. The summed E-state index contributed by atoms with van der Waals surface area (Å²) in [7, 11) is -0.429. The van der Waals surface area contributed by atoms with Gasteiger partial charge in [-0.2, -0.15) is 13.2 Å². The second-order valence-corrected chi connectivity index (χ2v) is 8.74. The molecule has 0 bridgehead atoms. The highest BCUT2D eigenvalue weighted by Crippen LogP contribution is 2.30. The van der Waals surface area contributed by atoms with Gasteiger partial charge in [-0.15, -0.1) is 0 Å². The topological polar surface area (TPSA) is 60.9 Å². The summed E-state index contributed by atoms with van der Waals surface area (Å²) in [5.41, 5.74) is -0.756. The zero-order valence-corrected chi connectivity index (χ0v) is 16.2. The monoisotopic (exact) mass is 407 g/mol. The first-order valence-corrected chi connectivity index (χ1v) is 10.2. The van der Waals surface area contributed by atoms with Crippen molar-refractivity contribution in [1.82, 2.24) is 14.1 Å². The molecule has 10 heteroatoms. The third-order valence-corrected chi connectivity index (χ3v) is 6.25. The molecule has 1 fully saturated rings. The molecular weight excluding hydrogens is 383 g/mol. The lowest BCUT2D eigenvalue weighted by molar-refractivity contribution is -0.137. The van der Waals surface area contributed by atoms with Gasteiger partial charge in [0.2, 0.25) is 15.9 Å². The SMILES string of the molecule is CN(C)C(=O)CN1CCCN(S(=O)(=O)Cc2cccc(C(F)(F)F)c2)CC1. The number of carbonyl (C=O) groups excluding carboxylic acids is 1. The molecule has 6 nitrogen and oxygen atoms in total. The Kier molecular flexibility index (Phi) is 6.87. The minimum Gasteiger partial charge on any atom is -0.348 e. The minimum atomic E-state index is -4.51. The number of alkyl halides is 3. The molecule has 2 rings (SSSR count). The molecule has 1 amide bonds. The van der Waals surface area contributed by atoms with E-state index in [1.165, 1.54) is 21.3 Å². The molecule has 1 heterocycles. The van der Waals surface area contributed by atoms with Crippen LogP contribution in [0.3, 0.4) is 0 Å². The van der Waals surface area contributed by atoms with Gasteiger partial charge >= 0.3 is 6.18 Å². The lowest BCUT2D eigenvalue weighted by Crippen LogP contribution is -2.39. The predicted octanol–water partition coefficient (Wildman–Crippen LogP) is 1.63. The Labute approximate surface area is 157 Å². The van der Waals surface area contributed by atoms with Gasteiger partial charge in [0.1, 0.15) is 0 Å². The van der Waals surface area contributed by atoms with E-state index in [0.29, 0.717) is 19.5 Å². The van der Waals surface area contributed by atoms with Crippen LogP contribution in [0.2, 0.25) is 0 Å². The molecule has 152 valence electrons. The van der Waals surface area contributed by atoms with E-state index < -0.39 is 27.5 Å². The molecule has 0 aromatic heterocycles. The molecule has 1 aromatic rings. The summed E-state index contributed by atoms with van der Waals surface area (Å²) in [4.78, 5) is 15.2. The van der Waals surface area contributed by atoms with Crippen LogP contribution in [0.25, 0.3) is 0 Å². The number of benzene rings is 1. The fraction of sp³-hybridized carbons (Fsp3) is 0.588. The molecule has 1 aliphatic rings. The van der Waals surface area contributed by atoms with Crippen molar-refractivity contribution >= 4 is 15.9 Å². The number of rotatable bonds is 5. The van der Waals surface area contributed by atoms with Crippen molar-refractivity contribution in [2.24, 2.45) is 0 Å². The van der Waals surface area contributed by atoms with E-state index in [1.54, 1.807) is 14.1 Å². The highest BCUT2D eigenvalue weighted by molar-refractivity contribution is 7.88. The lowest BCUT2D eigenvalue weighted by Gasteiger charge is -2.22. The molecule has 0 unspecified atom stereocenters. The third kappa shape index (κ3) is 6.18. The van der Waals surface area contributed by atoms with Crippen molar-refractivity contribution < 1.29 is 26.4 Å². The number of carbonyl (C=O) groups is 1. The van der Waals surface area contributed by atoms with Crippen molar-refractivity contribution in [2.75, 3.05) is 46.8 Å². The molecule has 1 aliphatic heterocycles. The van der Waals surface area contributed by atoms with Crippen LogP contribution in [0.5, 0.6) is 0 Å². The fourth-order valence-electron chi connectivity index (χ4n) is 2.86. The van der Waals surface area contributed by atoms with Gasteiger partial charge in [-0.3, -0.25) is 9.69 Å². The van der Waals surface area contributed by atoms with Crippen LogP contribution in [0.1, 0.15) is 17.5 Å². The number of hydrogen-bond donors (Lipinski definition) is 0. The zero-order chi connectivity index (χ0) is 20.2. The van der Waals surface area contributed by atoms with E-state index in [0.717, 1.165) is 12.1 Å². The number of hydrogen-bond acceptors (Lipinski definition) is 4. The third-order valence-electron chi connectivity index (χ3n) is 4.40. The fourth-order valence-corrected chi connectivity index (χ4v) is 4.41. The summed E-state index contributed by atoms with van der Waals surface area (Å²) in [5.74, 6) is -0.539. The van der Waals surface area contributed by atoms with Gasteiger partial charge < -0.3 is 4.90 Å². The molecule has 0 N–H and O–H groups in total. The van der Waals surface area contributed by atoms with Crippen molar-refractivity contribution in [3.05, 3.63) is 35.4 Å². The van der Waals surface area contributed by atoms with Crippen molar-refractivity contribution in [2.45, 2.75) is 18.3 Å². The van der Waals surface area contributed by atoms with Gasteiger partial charge in [-0.25, -0.2) is 12.7 Å². The molecule has 1 aromatic carbocycles. The van der Waals surface area contributed by atoms with Gasteiger partial charge in [-0.1, -0.05) is 18.2 Å².